The van der Waals surface area contributed by atoms with Gasteiger partial charge in [0.05, 0.1) is 0 Å². The van der Waals surface area contributed by atoms with Crippen molar-refractivity contribution in [2.45, 2.75) is 38.3 Å². The molecule has 3 rings (SSSR count). The van der Waals surface area contributed by atoms with E-state index in [9.17, 15) is 0 Å². The summed E-state index contributed by atoms with van der Waals surface area (Å²) in [5.41, 5.74) is 2.60. The minimum absolute atomic E-state index is 0.181. The Morgan fingerprint density at radius 3 is 2.45 bits per heavy atom. The van der Waals surface area contributed by atoms with Gasteiger partial charge in [0, 0.05) is 38.4 Å². The van der Waals surface area contributed by atoms with E-state index in [1.165, 1.54) is 11.1 Å². The highest BCUT2D eigenvalue weighted by atomic mass is 16.5. The van der Waals surface area contributed by atoms with Gasteiger partial charge in [-0.15, -0.1) is 0 Å². The average molecular weight is 273 g/mol. The number of hydrogen-bond donors (Lipinski definition) is 0. The van der Waals surface area contributed by atoms with Gasteiger partial charge in [0.1, 0.15) is 5.76 Å². The summed E-state index contributed by atoms with van der Waals surface area (Å²) in [6, 6.07) is 8.86. The number of hydrogen-bond acceptors (Lipinski definition) is 3. The molecule has 1 fully saturated rings. The lowest BCUT2D eigenvalue weighted by atomic mass is 9.91. The standard InChI is InChI=1S/C17H23NO2/c1-3-17-18(2)12-16(20-17)15-6-4-13(5-7-15)14-8-10-19-11-9-14/h4-7,12,14,17H,3,8-11H2,1-2H3. The van der Waals surface area contributed by atoms with Crippen LogP contribution in [-0.2, 0) is 9.47 Å². The van der Waals surface area contributed by atoms with Crippen molar-refractivity contribution in [3.63, 3.8) is 0 Å². The molecule has 0 aromatic heterocycles. The summed E-state index contributed by atoms with van der Waals surface area (Å²) in [5.74, 6) is 1.64. The van der Waals surface area contributed by atoms with Gasteiger partial charge < -0.3 is 14.4 Å². The summed E-state index contributed by atoms with van der Waals surface area (Å²) in [4.78, 5) is 2.14. The molecule has 0 amide bonds. The molecule has 3 heteroatoms. The van der Waals surface area contributed by atoms with Crippen LogP contribution in [0.4, 0.5) is 0 Å². The average Bonchev–Trinajstić information content (AvgIpc) is 2.89. The van der Waals surface area contributed by atoms with E-state index in [1.807, 2.05) is 0 Å². The molecule has 1 unspecified atom stereocenters. The molecule has 1 atom stereocenters. The summed E-state index contributed by atoms with van der Waals surface area (Å²) >= 11 is 0. The molecule has 1 aromatic rings. The third kappa shape index (κ3) is 2.68. The second kappa shape index (κ2) is 5.88. The van der Waals surface area contributed by atoms with E-state index in [4.69, 9.17) is 9.47 Å². The van der Waals surface area contributed by atoms with Gasteiger partial charge in [-0.1, -0.05) is 31.2 Å². The second-order valence-electron chi connectivity index (χ2n) is 5.65. The highest BCUT2D eigenvalue weighted by Crippen LogP contribution is 2.30. The number of ether oxygens (including phenoxy) is 2. The molecule has 0 spiro atoms. The Morgan fingerprint density at radius 2 is 1.85 bits per heavy atom. The van der Waals surface area contributed by atoms with Crippen molar-refractivity contribution in [2.75, 3.05) is 20.3 Å². The van der Waals surface area contributed by atoms with Crippen molar-refractivity contribution in [1.29, 1.82) is 0 Å². The van der Waals surface area contributed by atoms with Gasteiger partial charge in [0.15, 0.2) is 6.23 Å². The third-order valence-electron chi connectivity index (χ3n) is 4.28. The van der Waals surface area contributed by atoms with Crippen LogP contribution >= 0.6 is 0 Å². The molecule has 3 nitrogen and oxygen atoms in total. The maximum absolute atomic E-state index is 5.96. The zero-order valence-electron chi connectivity index (χ0n) is 12.3. The van der Waals surface area contributed by atoms with Crippen LogP contribution in [0.15, 0.2) is 30.5 Å². The molecule has 108 valence electrons. The molecule has 0 saturated carbocycles. The molecule has 1 aromatic carbocycles. The van der Waals surface area contributed by atoms with Crippen LogP contribution in [0.25, 0.3) is 5.76 Å². The Bertz CT molecular complexity index is 474. The molecule has 2 aliphatic heterocycles. The Labute approximate surface area is 121 Å². The smallest absolute Gasteiger partial charge is 0.171 e. The van der Waals surface area contributed by atoms with Crippen molar-refractivity contribution >= 4 is 5.76 Å². The van der Waals surface area contributed by atoms with Crippen LogP contribution in [0.1, 0.15) is 43.2 Å². The maximum atomic E-state index is 5.96. The highest BCUT2D eigenvalue weighted by molar-refractivity contribution is 5.61. The third-order valence-corrected chi connectivity index (χ3v) is 4.28. The lowest BCUT2D eigenvalue weighted by molar-refractivity contribution is 0.0819. The van der Waals surface area contributed by atoms with E-state index in [-0.39, 0.29) is 6.23 Å². The fraction of sp³-hybridized carbons (Fsp3) is 0.529. The van der Waals surface area contributed by atoms with Crippen molar-refractivity contribution < 1.29 is 9.47 Å². The first-order valence-corrected chi connectivity index (χ1v) is 7.56. The molecule has 2 aliphatic rings. The van der Waals surface area contributed by atoms with Crippen molar-refractivity contribution in [3.05, 3.63) is 41.6 Å². The van der Waals surface area contributed by atoms with Gasteiger partial charge >= 0.3 is 0 Å². The lowest BCUT2D eigenvalue weighted by Gasteiger charge is -2.22. The zero-order chi connectivity index (χ0) is 13.9. The van der Waals surface area contributed by atoms with E-state index in [0.717, 1.165) is 38.2 Å². The molecule has 0 bridgehead atoms. The first kappa shape index (κ1) is 13.5. The Kier molecular flexibility index (Phi) is 3.97. The van der Waals surface area contributed by atoms with Gasteiger partial charge in [-0.2, -0.15) is 0 Å². The van der Waals surface area contributed by atoms with Crippen molar-refractivity contribution in [1.82, 2.24) is 4.90 Å². The highest BCUT2D eigenvalue weighted by Gasteiger charge is 2.22. The van der Waals surface area contributed by atoms with Crippen LogP contribution in [0.5, 0.6) is 0 Å². The fourth-order valence-corrected chi connectivity index (χ4v) is 2.99. The van der Waals surface area contributed by atoms with E-state index < -0.39 is 0 Å². The Morgan fingerprint density at radius 1 is 1.15 bits per heavy atom. The fourth-order valence-electron chi connectivity index (χ4n) is 2.99. The second-order valence-corrected chi connectivity index (χ2v) is 5.65. The predicted molar refractivity (Wildman–Crippen MR) is 80.1 cm³/mol. The molecule has 2 heterocycles. The summed E-state index contributed by atoms with van der Waals surface area (Å²) in [7, 11) is 2.07. The van der Waals surface area contributed by atoms with Gasteiger partial charge in [-0.3, -0.25) is 0 Å². The van der Waals surface area contributed by atoms with Gasteiger partial charge in [-0.05, 0) is 24.3 Å². The molecular formula is C17H23NO2. The predicted octanol–water partition coefficient (Wildman–Crippen LogP) is 3.58. The maximum Gasteiger partial charge on any atom is 0.171 e. The minimum Gasteiger partial charge on any atom is -0.468 e. The van der Waals surface area contributed by atoms with Crippen molar-refractivity contribution in [2.24, 2.45) is 0 Å². The summed E-state index contributed by atoms with van der Waals surface area (Å²) in [6.07, 6.45) is 5.55. The summed E-state index contributed by atoms with van der Waals surface area (Å²) in [5, 5.41) is 0. The monoisotopic (exact) mass is 273 g/mol. The number of benzene rings is 1. The van der Waals surface area contributed by atoms with E-state index in [1.54, 1.807) is 0 Å². The Hall–Kier alpha value is -1.48. The Balaban J connectivity index is 1.72. The molecule has 0 N–H and O–H groups in total. The molecule has 0 aliphatic carbocycles. The summed E-state index contributed by atoms with van der Waals surface area (Å²) < 4.78 is 11.4. The van der Waals surface area contributed by atoms with Crippen molar-refractivity contribution in [3.8, 4) is 0 Å². The largest absolute Gasteiger partial charge is 0.468 e. The number of rotatable bonds is 3. The molecular weight excluding hydrogens is 250 g/mol. The lowest BCUT2D eigenvalue weighted by Crippen LogP contribution is -2.22. The zero-order valence-corrected chi connectivity index (χ0v) is 12.3. The molecule has 20 heavy (non-hydrogen) atoms. The number of nitrogens with zero attached hydrogens (tertiary/aromatic N) is 1. The normalized spacial score (nSPS) is 23.6. The van der Waals surface area contributed by atoms with E-state index in [0.29, 0.717) is 5.92 Å². The molecule has 1 saturated heterocycles. The van der Waals surface area contributed by atoms with Gasteiger partial charge in [-0.25, -0.2) is 0 Å². The van der Waals surface area contributed by atoms with E-state index >= 15 is 0 Å². The van der Waals surface area contributed by atoms with Crippen LogP contribution in [-0.4, -0.2) is 31.4 Å². The molecule has 0 radical (unpaired) electrons. The first-order valence-electron chi connectivity index (χ1n) is 7.56. The van der Waals surface area contributed by atoms with Gasteiger partial charge in [0.2, 0.25) is 0 Å². The van der Waals surface area contributed by atoms with Crippen LogP contribution < -0.4 is 0 Å². The van der Waals surface area contributed by atoms with E-state index in [2.05, 4.69) is 49.3 Å². The SMILES string of the molecule is CCC1OC(c2ccc(C3CCOCC3)cc2)=CN1C. The van der Waals surface area contributed by atoms with Gasteiger partial charge in [0.25, 0.3) is 0 Å². The minimum atomic E-state index is 0.181. The first-order chi connectivity index (χ1) is 9.78. The van der Waals surface area contributed by atoms with Crippen LogP contribution in [0, 0.1) is 0 Å². The topological polar surface area (TPSA) is 21.7 Å². The quantitative estimate of drug-likeness (QED) is 0.840. The van der Waals surface area contributed by atoms with Crippen LogP contribution in [0.2, 0.25) is 0 Å². The van der Waals surface area contributed by atoms with Crippen LogP contribution in [0.3, 0.4) is 0 Å². The summed E-state index contributed by atoms with van der Waals surface area (Å²) in [6.45, 7) is 3.93.